The second kappa shape index (κ2) is 7.60. The highest BCUT2D eigenvalue weighted by atomic mass is 35.5. The fraction of sp³-hybridized carbons (Fsp3) is 0.150. The van der Waals surface area contributed by atoms with Gasteiger partial charge in [-0.05, 0) is 30.7 Å². The highest BCUT2D eigenvalue weighted by molar-refractivity contribution is 6.30. The van der Waals surface area contributed by atoms with E-state index in [0.717, 1.165) is 11.1 Å². The van der Waals surface area contributed by atoms with Gasteiger partial charge in [0, 0.05) is 16.7 Å². The van der Waals surface area contributed by atoms with Crippen LogP contribution < -0.4 is 10.6 Å². The lowest BCUT2D eigenvalue weighted by molar-refractivity contribution is -0.383. The molecule has 0 fully saturated rings. The van der Waals surface area contributed by atoms with Crippen LogP contribution in [-0.4, -0.2) is 26.5 Å². The number of nitro groups is 1. The van der Waals surface area contributed by atoms with Gasteiger partial charge in [-0.15, -0.1) is 0 Å². The number of carbonyl (C=O) groups is 2. The zero-order chi connectivity index (χ0) is 21.4. The molecule has 1 aliphatic rings. The Morgan fingerprint density at radius 3 is 2.80 bits per heavy atom. The van der Waals surface area contributed by atoms with Crippen LogP contribution in [-0.2, 0) is 9.59 Å². The van der Waals surface area contributed by atoms with E-state index in [1.165, 1.54) is 22.9 Å². The van der Waals surface area contributed by atoms with E-state index < -0.39 is 16.9 Å². The number of anilines is 2. The number of nitrogens with one attached hydrogen (secondary N) is 2. The van der Waals surface area contributed by atoms with E-state index in [9.17, 15) is 19.7 Å². The average molecular weight is 426 g/mol. The summed E-state index contributed by atoms with van der Waals surface area (Å²) in [5.41, 5.74) is 2.05. The molecule has 0 saturated heterocycles. The van der Waals surface area contributed by atoms with E-state index in [2.05, 4.69) is 15.7 Å². The number of para-hydroxylation sites is 2. The number of aryl methyl sites for hydroxylation is 1. The molecule has 1 aliphatic heterocycles. The third kappa shape index (κ3) is 3.50. The van der Waals surface area contributed by atoms with Gasteiger partial charge in [-0.1, -0.05) is 35.9 Å². The number of halogens is 1. The van der Waals surface area contributed by atoms with Gasteiger partial charge in [0.25, 0.3) is 11.6 Å². The molecule has 2 N–H and O–H groups in total. The van der Waals surface area contributed by atoms with E-state index in [0.29, 0.717) is 16.5 Å². The Morgan fingerprint density at radius 2 is 2.07 bits per heavy atom. The smallest absolute Gasteiger partial charge is 0.292 e. The molecule has 1 unspecified atom stereocenters. The van der Waals surface area contributed by atoms with Crippen molar-refractivity contribution in [1.29, 1.82) is 0 Å². The van der Waals surface area contributed by atoms with E-state index >= 15 is 0 Å². The molecule has 1 aromatic heterocycles. The first-order chi connectivity index (χ1) is 14.3. The molecule has 152 valence electrons. The van der Waals surface area contributed by atoms with Crippen molar-refractivity contribution in [3.05, 3.63) is 69.4 Å². The summed E-state index contributed by atoms with van der Waals surface area (Å²) in [6, 6.07) is 12.1. The predicted molar refractivity (Wildman–Crippen MR) is 111 cm³/mol. The fourth-order valence-electron chi connectivity index (χ4n) is 3.49. The van der Waals surface area contributed by atoms with Gasteiger partial charge in [-0.3, -0.25) is 19.7 Å². The summed E-state index contributed by atoms with van der Waals surface area (Å²) in [7, 11) is 0. The maximum absolute atomic E-state index is 12.5. The number of nitrogens with zero attached hydrogens (tertiary/aromatic N) is 3. The number of aromatic nitrogens is 2. The van der Waals surface area contributed by atoms with Gasteiger partial charge < -0.3 is 10.6 Å². The SMILES string of the molecule is Cc1nn2c(c1-c1cccc(Cl)c1)NC(=O)C2CC(=O)Nc1ccccc1[N+](=O)[O-]. The van der Waals surface area contributed by atoms with Gasteiger partial charge in [-0.25, -0.2) is 4.68 Å². The summed E-state index contributed by atoms with van der Waals surface area (Å²) in [5.74, 6) is -0.420. The maximum Gasteiger partial charge on any atom is 0.292 e. The zero-order valence-electron chi connectivity index (χ0n) is 15.8. The standard InChI is InChI=1S/C20H16ClN5O4/c1-11-18(12-5-4-6-13(21)9-12)19-23-20(28)16(25(19)24-11)10-17(27)22-14-7-2-3-8-15(14)26(29)30/h2-9,16H,10H2,1H3,(H,22,27)(H,23,28). The van der Waals surface area contributed by atoms with Crippen LogP contribution in [0.25, 0.3) is 11.1 Å². The normalized spacial score (nSPS) is 14.9. The molecular formula is C20H16ClN5O4. The molecule has 1 atom stereocenters. The first-order valence-electron chi connectivity index (χ1n) is 9.04. The van der Waals surface area contributed by atoms with Crippen LogP contribution >= 0.6 is 11.6 Å². The van der Waals surface area contributed by atoms with Gasteiger partial charge in [0.1, 0.15) is 17.5 Å². The quantitative estimate of drug-likeness (QED) is 0.474. The van der Waals surface area contributed by atoms with Gasteiger partial charge in [-0.2, -0.15) is 5.10 Å². The van der Waals surface area contributed by atoms with Crippen molar-refractivity contribution in [3.63, 3.8) is 0 Å². The van der Waals surface area contributed by atoms with Crippen molar-refractivity contribution in [2.24, 2.45) is 0 Å². The summed E-state index contributed by atoms with van der Waals surface area (Å²) in [5, 5.41) is 21.4. The Bertz CT molecular complexity index is 1190. The molecule has 10 heteroatoms. The Hall–Kier alpha value is -3.72. The number of carbonyl (C=O) groups excluding carboxylic acids is 2. The van der Waals surface area contributed by atoms with Crippen molar-refractivity contribution in [3.8, 4) is 11.1 Å². The second-order valence-corrected chi connectivity index (χ2v) is 7.23. The molecule has 3 aromatic rings. The number of benzene rings is 2. The Balaban J connectivity index is 1.60. The van der Waals surface area contributed by atoms with Crippen molar-refractivity contribution >= 4 is 40.6 Å². The molecule has 0 radical (unpaired) electrons. The molecule has 4 rings (SSSR count). The zero-order valence-corrected chi connectivity index (χ0v) is 16.5. The molecule has 2 aromatic carbocycles. The van der Waals surface area contributed by atoms with E-state index in [-0.39, 0.29) is 23.7 Å². The monoisotopic (exact) mass is 425 g/mol. The Morgan fingerprint density at radius 1 is 1.30 bits per heavy atom. The number of amides is 2. The first kappa shape index (κ1) is 19.6. The predicted octanol–water partition coefficient (Wildman–Crippen LogP) is 3.94. The van der Waals surface area contributed by atoms with Gasteiger partial charge in [0.05, 0.1) is 17.0 Å². The summed E-state index contributed by atoms with van der Waals surface area (Å²) < 4.78 is 1.48. The minimum absolute atomic E-state index is 0.0717. The van der Waals surface area contributed by atoms with Gasteiger partial charge in [0.15, 0.2) is 0 Å². The molecule has 0 spiro atoms. The number of nitro benzene ring substituents is 1. The number of rotatable bonds is 5. The number of fused-ring (bicyclic) bond motifs is 1. The van der Waals surface area contributed by atoms with Crippen LogP contribution in [0.2, 0.25) is 5.02 Å². The first-order valence-corrected chi connectivity index (χ1v) is 9.42. The van der Waals surface area contributed by atoms with Crippen molar-refractivity contribution in [2.75, 3.05) is 10.6 Å². The molecule has 0 bridgehead atoms. The van der Waals surface area contributed by atoms with Crippen molar-refractivity contribution in [2.45, 2.75) is 19.4 Å². The lowest BCUT2D eigenvalue weighted by atomic mass is 10.1. The lowest BCUT2D eigenvalue weighted by Crippen LogP contribution is -2.24. The minimum Gasteiger partial charge on any atom is -0.320 e. The Labute approximate surface area is 175 Å². The maximum atomic E-state index is 12.5. The minimum atomic E-state index is -0.866. The second-order valence-electron chi connectivity index (χ2n) is 6.80. The largest absolute Gasteiger partial charge is 0.320 e. The Kier molecular flexibility index (Phi) is 4.96. The highest BCUT2D eigenvalue weighted by Crippen LogP contribution is 2.39. The van der Waals surface area contributed by atoms with Crippen LogP contribution in [0.15, 0.2) is 48.5 Å². The number of hydrogen-bond donors (Lipinski definition) is 2. The molecule has 2 amide bonds. The van der Waals surface area contributed by atoms with Crippen molar-refractivity contribution in [1.82, 2.24) is 9.78 Å². The van der Waals surface area contributed by atoms with E-state index in [4.69, 9.17) is 11.6 Å². The van der Waals surface area contributed by atoms with E-state index in [1.807, 2.05) is 6.07 Å². The number of hydrogen-bond acceptors (Lipinski definition) is 5. The van der Waals surface area contributed by atoms with Crippen LogP contribution in [0.4, 0.5) is 17.2 Å². The third-order valence-electron chi connectivity index (χ3n) is 4.79. The van der Waals surface area contributed by atoms with Crippen LogP contribution in [0, 0.1) is 17.0 Å². The van der Waals surface area contributed by atoms with Crippen LogP contribution in [0.1, 0.15) is 18.2 Å². The molecule has 0 saturated carbocycles. The molecule has 2 heterocycles. The summed E-state index contributed by atoms with van der Waals surface area (Å²) in [6.07, 6.45) is -0.221. The highest BCUT2D eigenvalue weighted by Gasteiger charge is 2.36. The average Bonchev–Trinajstić information content (AvgIpc) is 3.16. The van der Waals surface area contributed by atoms with Crippen LogP contribution in [0.3, 0.4) is 0 Å². The summed E-state index contributed by atoms with van der Waals surface area (Å²) in [6.45, 7) is 1.80. The van der Waals surface area contributed by atoms with Crippen molar-refractivity contribution < 1.29 is 14.5 Å². The summed E-state index contributed by atoms with van der Waals surface area (Å²) in [4.78, 5) is 35.6. The third-order valence-corrected chi connectivity index (χ3v) is 5.03. The lowest BCUT2D eigenvalue weighted by Gasteiger charge is -2.10. The van der Waals surface area contributed by atoms with Gasteiger partial charge >= 0.3 is 0 Å². The van der Waals surface area contributed by atoms with Gasteiger partial charge in [0.2, 0.25) is 5.91 Å². The molecule has 0 aliphatic carbocycles. The van der Waals surface area contributed by atoms with E-state index in [1.54, 1.807) is 31.2 Å². The summed E-state index contributed by atoms with van der Waals surface area (Å²) >= 11 is 6.09. The molecule has 30 heavy (non-hydrogen) atoms. The molecule has 9 nitrogen and oxygen atoms in total. The molecular weight excluding hydrogens is 410 g/mol. The topological polar surface area (TPSA) is 119 Å². The van der Waals surface area contributed by atoms with Crippen LogP contribution in [0.5, 0.6) is 0 Å². The fourth-order valence-corrected chi connectivity index (χ4v) is 3.68.